The second kappa shape index (κ2) is 10.6. The van der Waals surface area contributed by atoms with Crippen LogP contribution >= 0.6 is 24.4 Å². The molecule has 2 N–H and O–H groups in total. The molecular weight excluding hydrogens is 500 g/mol. The van der Waals surface area contributed by atoms with E-state index in [-0.39, 0.29) is 10.8 Å². The summed E-state index contributed by atoms with van der Waals surface area (Å²) in [6.07, 6.45) is 1.13. The van der Waals surface area contributed by atoms with Crippen LogP contribution in [0, 0.1) is 0 Å². The zero-order chi connectivity index (χ0) is 26.0. The molecule has 0 aromatic heterocycles. The fraction of sp³-hybridized carbons (Fsp3) is 0.269. The van der Waals surface area contributed by atoms with Gasteiger partial charge >= 0.3 is 0 Å². The number of thioether (sulfide) groups is 1. The van der Waals surface area contributed by atoms with Crippen molar-refractivity contribution in [2.24, 2.45) is 0 Å². The molecular formula is C26H30N2O4S3. The lowest BCUT2D eigenvalue weighted by Crippen LogP contribution is -2.29. The van der Waals surface area contributed by atoms with Crippen molar-refractivity contribution in [1.29, 1.82) is 0 Å². The van der Waals surface area contributed by atoms with E-state index in [4.69, 9.17) is 10.5 Å². The number of nitrogens with two attached hydrogens (primary N) is 1. The number of rotatable bonds is 3. The molecule has 1 amide bonds. The first-order valence-corrected chi connectivity index (χ1v) is 14.2. The summed E-state index contributed by atoms with van der Waals surface area (Å²) in [5.41, 5.74) is 7.67. The van der Waals surface area contributed by atoms with E-state index in [1.165, 1.54) is 13.2 Å². The van der Waals surface area contributed by atoms with Gasteiger partial charge in [0.1, 0.15) is 10.6 Å². The molecule has 0 aliphatic carbocycles. The first kappa shape index (κ1) is 27.0. The number of carbonyl (C=O) groups is 1. The van der Waals surface area contributed by atoms with Gasteiger partial charge < -0.3 is 10.5 Å². The third-order valence-corrected chi connectivity index (χ3v) is 7.95. The van der Waals surface area contributed by atoms with E-state index in [1.807, 2.05) is 69.3 Å². The normalized spacial score (nSPS) is 13.0. The van der Waals surface area contributed by atoms with Crippen LogP contribution in [0.25, 0.3) is 0 Å². The number of benzene rings is 3. The molecule has 9 heteroatoms. The van der Waals surface area contributed by atoms with Crippen molar-refractivity contribution < 1.29 is 17.9 Å². The van der Waals surface area contributed by atoms with Crippen LogP contribution in [0.15, 0.2) is 75.4 Å². The summed E-state index contributed by atoms with van der Waals surface area (Å²) in [6.45, 7) is 5.89. The molecule has 0 fully saturated rings. The van der Waals surface area contributed by atoms with Gasteiger partial charge in [0.2, 0.25) is 0 Å². The Bertz CT molecular complexity index is 1330. The monoisotopic (exact) mass is 530 g/mol. The fourth-order valence-electron chi connectivity index (χ4n) is 3.59. The highest BCUT2D eigenvalue weighted by Crippen LogP contribution is 2.41. The quantitative estimate of drug-likeness (QED) is 0.335. The summed E-state index contributed by atoms with van der Waals surface area (Å²) in [4.78, 5) is 16.8. The predicted octanol–water partition coefficient (Wildman–Crippen LogP) is 5.66. The molecule has 0 unspecified atom stereocenters. The molecule has 1 aliphatic rings. The topological polar surface area (TPSA) is 89.7 Å². The van der Waals surface area contributed by atoms with E-state index in [2.05, 4.69) is 12.6 Å². The van der Waals surface area contributed by atoms with Crippen LogP contribution in [-0.4, -0.2) is 33.6 Å². The van der Waals surface area contributed by atoms with Gasteiger partial charge in [0, 0.05) is 32.9 Å². The van der Waals surface area contributed by atoms with Crippen molar-refractivity contribution in [2.75, 3.05) is 29.9 Å². The van der Waals surface area contributed by atoms with E-state index in [0.29, 0.717) is 22.8 Å². The van der Waals surface area contributed by atoms with Crippen LogP contribution in [0.2, 0.25) is 0 Å². The maximum Gasteiger partial charge on any atom is 0.259 e. The number of thiol groups is 1. The van der Waals surface area contributed by atoms with E-state index < -0.39 is 15.3 Å². The first-order chi connectivity index (χ1) is 16.3. The van der Waals surface area contributed by atoms with Crippen molar-refractivity contribution >= 4 is 51.5 Å². The molecule has 4 rings (SSSR count). The highest BCUT2D eigenvalue weighted by Gasteiger charge is 2.31. The second-order valence-electron chi connectivity index (χ2n) is 9.11. The third kappa shape index (κ3) is 6.15. The van der Waals surface area contributed by atoms with Crippen LogP contribution in [-0.2, 0) is 15.3 Å². The number of para-hydroxylation sites is 2. The van der Waals surface area contributed by atoms with Gasteiger partial charge in [0.15, 0.2) is 9.84 Å². The van der Waals surface area contributed by atoms with Crippen molar-refractivity contribution in [3.05, 3.63) is 71.8 Å². The Hall–Kier alpha value is -2.62. The molecule has 0 saturated heterocycles. The minimum Gasteiger partial charge on any atom is -0.495 e. The molecule has 3 aromatic rings. The first-order valence-electron chi connectivity index (χ1n) is 10.8. The number of nitrogen functional groups attached to an aromatic ring is 1. The Morgan fingerprint density at radius 3 is 2.26 bits per heavy atom. The Labute approximate surface area is 217 Å². The predicted molar refractivity (Wildman–Crippen MR) is 147 cm³/mol. The van der Waals surface area contributed by atoms with Gasteiger partial charge in [-0.25, -0.2) is 8.42 Å². The third-order valence-electron chi connectivity index (χ3n) is 5.40. The SMILES string of the molecule is COc1c(C(C)(C)C)cc(C(=O)N2CSc3ccccc32)cc1S(C)(=O)=O.Nc1ccccc1S. The van der Waals surface area contributed by atoms with E-state index in [0.717, 1.165) is 27.4 Å². The standard InChI is InChI=1S/C20H23NO4S2.C6H7NS/c1-20(2,3)14-10-13(11-17(18(14)25-4)27(5,23)24)19(22)21-12-26-16-9-7-6-8-15(16)21;7-5-3-1-2-4-6(5)8/h6-11H,12H2,1-5H3;1-4,8H,7H2. The minimum absolute atomic E-state index is 0.0425. The second-order valence-corrected chi connectivity index (χ2v) is 12.6. The lowest BCUT2D eigenvalue weighted by Gasteiger charge is -2.25. The van der Waals surface area contributed by atoms with Gasteiger partial charge in [0.25, 0.3) is 5.91 Å². The number of methoxy groups -OCH3 is 1. The van der Waals surface area contributed by atoms with Gasteiger partial charge in [-0.1, -0.05) is 45.0 Å². The molecule has 0 bridgehead atoms. The van der Waals surface area contributed by atoms with Gasteiger partial charge in [-0.2, -0.15) is 0 Å². The number of anilines is 2. The molecule has 6 nitrogen and oxygen atoms in total. The molecule has 1 aliphatic heterocycles. The van der Waals surface area contributed by atoms with Crippen LogP contribution < -0.4 is 15.4 Å². The Kier molecular flexibility index (Phi) is 8.14. The molecule has 3 aromatic carbocycles. The van der Waals surface area contributed by atoms with Gasteiger partial charge in [-0.05, 0) is 41.8 Å². The number of sulfone groups is 1. The minimum atomic E-state index is -3.57. The van der Waals surface area contributed by atoms with Crippen molar-refractivity contribution in [3.8, 4) is 5.75 Å². The van der Waals surface area contributed by atoms with Crippen LogP contribution in [0.1, 0.15) is 36.7 Å². The smallest absolute Gasteiger partial charge is 0.259 e. The lowest BCUT2D eigenvalue weighted by molar-refractivity contribution is 0.0991. The molecule has 0 atom stereocenters. The number of ether oxygens (including phenoxy) is 1. The van der Waals surface area contributed by atoms with Gasteiger partial charge in [0.05, 0.1) is 18.7 Å². The largest absolute Gasteiger partial charge is 0.495 e. The van der Waals surface area contributed by atoms with Gasteiger partial charge in [-0.3, -0.25) is 9.69 Å². The fourth-order valence-corrected chi connectivity index (χ4v) is 5.64. The molecule has 0 spiro atoms. The maximum absolute atomic E-state index is 13.2. The number of carbonyl (C=O) groups excluding carboxylic acids is 1. The number of fused-ring (bicyclic) bond motifs is 1. The zero-order valence-electron chi connectivity index (χ0n) is 20.4. The molecule has 1 heterocycles. The number of nitrogens with zero attached hydrogens (tertiary/aromatic N) is 1. The van der Waals surface area contributed by atoms with Crippen LogP contribution in [0.5, 0.6) is 5.75 Å². The van der Waals surface area contributed by atoms with Crippen LogP contribution in [0.4, 0.5) is 11.4 Å². The van der Waals surface area contributed by atoms with Crippen molar-refractivity contribution in [2.45, 2.75) is 40.9 Å². The van der Waals surface area contributed by atoms with E-state index >= 15 is 0 Å². The Morgan fingerprint density at radius 2 is 1.71 bits per heavy atom. The number of amides is 1. The average Bonchev–Trinajstić information content (AvgIpc) is 3.23. The summed E-state index contributed by atoms with van der Waals surface area (Å²) >= 11 is 5.66. The summed E-state index contributed by atoms with van der Waals surface area (Å²) in [6, 6.07) is 18.4. The van der Waals surface area contributed by atoms with Crippen LogP contribution in [0.3, 0.4) is 0 Å². The molecule has 0 saturated carbocycles. The summed E-state index contributed by atoms with van der Waals surface area (Å²) in [5, 5.41) is 0. The van der Waals surface area contributed by atoms with E-state index in [1.54, 1.807) is 22.7 Å². The average molecular weight is 531 g/mol. The number of hydrogen-bond acceptors (Lipinski definition) is 7. The Balaban J connectivity index is 0.000000363. The maximum atomic E-state index is 13.2. The van der Waals surface area contributed by atoms with Crippen molar-refractivity contribution in [1.82, 2.24) is 0 Å². The number of hydrogen-bond donors (Lipinski definition) is 2. The molecule has 35 heavy (non-hydrogen) atoms. The molecule has 186 valence electrons. The highest BCUT2D eigenvalue weighted by atomic mass is 32.2. The van der Waals surface area contributed by atoms with Gasteiger partial charge in [-0.15, -0.1) is 24.4 Å². The molecule has 0 radical (unpaired) electrons. The van der Waals surface area contributed by atoms with Crippen molar-refractivity contribution in [3.63, 3.8) is 0 Å². The lowest BCUT2D eigenvalue weighted by atomic mass is 9.85. The summed E-state index contributed by atoms with van der Waals surface area (Å²) in [5.74, 6) is 0.590. The van der Waals surface area contributed by atoms with E-state index in [9.17, 15) is 13.2 Å². The zero-order valence-corrected chi connectivity index (χ0v) is 22.9. The summed E-state index contributed by atoms with van der Waals surface area (Å²) in [7, 11) is -2.12. The summed E-state index contributed by atoms with van der Waals surface area (Å²) < 4.78 is 30.2. The highest BCUT2D eigenvalue weighted by molar-refractivity contribution is 8.00. The Morgan fingerprint density at radius 1 is 1.09 bits per heavy atom.